The van der Waals surface area contributed by atoms with Gasteiger partial charge in [0.1, 0.15) is 5.82 Å². The van der Waals surface area contributed by atoms with Gasteiger partial charge in [-0.05, 0) is 38.3 Å². The van der Waals surface area contributed by atoms with Crippen LogP contribution in [0, 0.1) is 12.8 Å². The lowest BCUT2D eigenvalue weighted by atomic mass is 9.82. The van der Waals surface area contributed by atoms with Gasteiger partial charge in [-0.3, -0.25) is 0 Å². The molecule has 2 rings (SSSR count). The lowest BCUT2D eigenvalue weighted by molar-refractivity contribution is 0.270. The molecule has 1 atom stereocenters. The van der Waals surface area contributed by atoms with Crippen molar-refractivity contribution in [3.8, 4) is 0 Å². The number of hydrogen-bond acceptors (Lipinski definition) is 3. The lowest BCUT2D eigenvalue weighted by Crippen LogP contribution is -2.30. The van der Waals surface area contributed by atoms with E-state index >= 15 is 0 Å². The van der Waals surface area contributed by atoms with Gasteiger partial charge in [0.25, 0.3) is 0 Å². The summed E-state index contributed by atoms with van der Waals surface area (Å²) in [6, 6.07) is 2.48. The monoisotopic (exact) mass is 233 g/mol. The lowest BCUT2D eigenvalue weighted by Gasteiger charge is -2.30. The minimum absolute atomic E-state index is 0.419. The molecule has 1 aliphatic carbocycles. The van der Waals surface area contributed by atoms with Crippen LogP contribution in [0.2, 0.25) is 0 Å². The summed E-state index contributed by atoms with van der Waals surface area (Å²) in [6.07, 6.45) is 8.69. The maximum atomic E-state index is 4.59. The molecule has 0 spiro atoms. The van der Waals surface area contributed by atoms with E-state index in [0.717, 1.165) is 18.3 Å². The summed E-state index contributed by atoms with van der Waals surface area (Å²) < 4.78 is 0. The highest BCUT2D eigenvalue weighted by Crippen LogP contribution is 2.33. The second-order valence-corrected chi connectivity index (χ2v) is 4.96. The highest BCUT2D eigenvalue weighted by atomic mass is 15.0. The second-order valence-electron chi connectivity index (χ2n) is 4.96. The summed E-state index contributed by atoms with van der Waals surface area (Å²) in [5.41, 5.74) is 1.17. The number of rotatable bonds is 4. The molecule has 94 valence electrons. The van der Waals surface area contributed by atoms with Crippen LogP contribution in [0.5, 0.6) is 0 Å². The largest absolute Gasteiger partial charge is 0.309 e. The van der Waals surface area contributed by atoms with E-state index in [-0.39, 0.29) is 0 Å². The van der Waals surface area contributed by atoms with Gasteiger partial charge in [-0.2, -0.15) is 0 Å². The van der Waals surface area contributed by atoms with Crippen molar-refractivity contribution in [1.82, 2.24) is 15.3 Å². The maximum Gasteiger partial charge on any atom is 0.125 e. The van der Waals surface area contributed by atoms with Crippen LogP contribution in [0.1, 0.15) is 56.6 Å². The van der Waals surface area contributed by atoms with Crippen LogP contribution in [0.25, 0.3) is 0 Å². The van der Waals surface area contributed by atoms with E-state index in [1.807, 2.05) is 13.1 Å². The molecular formula is C14H23N3. The Hall–Kier alpha value is -0.960. The zero-order valence-corrected chi connectivity index (χ0v) is 10.9. The van der Waals surface area contributed by atoms with Gasteiger partial charge in [-0.25, -0.2) is 9.97 Å². The average molecular weight is 233 g/mol. The summed E-state index contributed by atoms with van der Waals surface area (Å²) in [7, 11) is 0. The Labute approximate surface area is 104 Å². The predicted molar refractivity (Wildman–Crippen MR) is 69.8 cm³/mol. The van der Waals surface area contributed by atoms with Crippen molar-refractivity contribution in [3.05, 3.63) is 23.8 Å². The third-order valence-electron chi connectivity index (χ3n) is 3.66. The molecule has 0 aromatic carbocycles. The van der Waals surface area contributed by atoms with E-state index in [2.05, 4.69) is 28.3 Å². The molecule has 17 heavy (non-hydrogen) atoms. The van der Waals surface area contributed by atoms with Crippen LogP contribution in [-0.2, 0) is 0 Å². The van der Waals surface area contributed by atoms with Gasteiger partial charge in [0.15, 0.2) is 0 Å². The molecule has 1 aromatic heterocycles. The fourth-order valence-corrected chi connectivity index (χ4v) is 2.85. The Balaban J connectivity index is 2.15. The highest BCUT2D eigenvalue weighted by molar-refractivity contribution is 5.09. The third-order valence-corrected chi connectivity index (χ3v) is 3.66. The Morgan fingerprint density at radius 1 is 1.35 bits per heavy atom. The van der Waals surface area contributed by atoms with Gasteiger partial charge in [0, 0.05) is 6.20 Å². The van der Waals surface area contributed by atoms with E-state index in [0.29, 0.717) is 6.04 Å². The van der Waals surface area contributed by atoms with Gasteiger partial charge >= 0.3 is 0 Å². The van der Waals surface area contributed by atoms with Crippen molar-refractivity contribution in [2.75, 3.05) is 6.54 Å². The first-order valence-corrected chi connectivity index (χ1v) is 6.84. The third kappa shape index (κ3) is 3.25. The summed E-state index contributed by atoms with van der Waals surface area (Å²) in [6.45, 7) is 5.14. The second kappa shape index (κ2) is 6.10. The summed E-state index contributed by atoms with van der Waals surface area (Å²) in [5.74, 6) is 1.62. The molecule has 0 bridgehead atoms. The molecule has 1 saturated carbocycles. The number of aromatic nitrogens is 2. The maximum absolute atomic E-state index is 4.59. The van der Waals surface area contributed by atoms with Crippen molar-refractivity contribution in [1.29, 1.82) is 0 Å². The van der Waals surface area contributed by atoms with E-state index < -0.39 is 0 Å². The number of aryl methyl sites for hydroxylation is 1. The van der Waals surface area contributed by atoms with E-state index in [1.54, 1.807) is 0 Å². The zero-order chi connectivity index (χ0) is 12.1. The molecule has 3 heteroatoms. The molecule has 0 aliphatic heterocycles. The Kier molecular flexibility index (Phi) is 4.49. The van der Waals surface area contributed by atoms with Gasteiger partial charge < -0.3 is 5.32 Å². The SMILES string of the molecule is CCNC(c1ccnc(C)n1)C1CCCCC1. The van der Waals surface area contributed by atoms with Crippen LogP contribution in [0.3, 0.4) is 0 Å². The van der Waals surface area contributed by atoms with Crippen molar-refractivity contribution >= 4 is 0 Å². The van der Waals surface area contributed by atoms with E-state index in [4.69, 9.17) is 0 Å². The first-order valence-electron chi connectivity index (χ1n) is 6.84. The number of hydrogen-bond donors (Lipinski definition) is 1. The van der Waals surface area contributed by atoms with Crippen molar-refractivity contribution in [3.63, 3.8) is 0 Å². The fourth-order valence-electron chi connectivity index (χ4n) is 2.85. The topological polar surface area (TPSA) is 37.8 Å². The smallest absolute Gasteiger partial charge is 0.125 e. The first-order chi connectivity index (χ1) is 8.31. The van der Waals surface area contributed by atoms with Gasteiger partial charge in [-0.15, -0.1) is 0 Å². The van der Waals surface area contributed by atoms with Crippen molar-refractivity contribution in [2.24, 2.45) is 5.92 Å². The summed E-state index contributed by atoms with van der Waals surface area (Å²) >= 11 is 0. The average Bonchev–Trinajstić information content (AvgIpc) is 2.37. The molecule has 1 unspecified atom stereocenters. The number of nitrogens with one attached hydrogen (secondary N) is 1. The number of nitrogens with zero attached hydrogens (tertiary/aromatic N) is 2. The molecule has 1 heterocycles. The Morgan fingerprint density at radius 2 is 2.12 bits per heavy atom. The standard InChI is InChI=1S/C14H23N3/c1-3-15-14(12-7-5-4-6-8-12)13-9-10-16-11(2)17-13/h9-10,12,14-15H,3-8H2,1-2H3. The molecular weight excluding hydrogens is 210 g/mol. The molecule has 0 amide bonds. The molecule has 3 nitrogen and oxygen atoms in total. The molecule has 0 radical (unpaired) electrons. The minimum Gasteiger partial charge on any atom is -0.309 e. The van der Waals surface area contributed by atoms with Gasteiger partial charge in [-0.1, -0.05) is 26.2 Å². The van der Waals surface area contributed by atoms with E-state index in [1.165, 1.54) is 37.8 Å². The minimum atomic E-state index is 0.419. The normalized spacial score (nSPS) is 19.2. The van der Waals surface area contributed by atoms with E-state index in [9.17, 15) is 0 Å². The quantitative estimate of drug-likeness (QED) is 0.868. The van der Waals surface area contributed by atoms with Crippen LogP contribution in [-0.4, -0.2) is 16.5 Å². The van der Waals surface area contributed by atoms with Crippen molar-refractivity contribution < 1.29 is 0 Å². The van der Waals surface area contributed by atoms with Crippen LogP contribution in [0.15, 0.2) is 12.3 Å². The highest BCUT2D eigenvalue weighted by Gasteiger charge is 2.25. The molecule has 1 N–H and O–H groups in total. The molecule has 1 aliphatic rings. The molecule has 1 fully saturated rings. The fraction of sp³-hybridized carbons (Fsp3) is 0.714. The Morgan fingerprint density at radius 3 is 2.76 bits per heavy atom. The molecule has 1 aromatic rings. The van der Waals surface area contributed by atoms with Crippen LogP contribution < -0.4 is 5.32 Å². The van der Waals surface area contributed by atoms with Crippen LogP contribution in [0.4, 0.5) is 0 Å². The predicted octanol–water partition coefficient (Wildman–Crippen LogP) is 3.02. The Bertz CT molecular complexity index is 345. The summed E-state index contributed by atoms with van der Waals surface area (Å²) in [4.78, 5) is 8.78. The van der Waals surface area contributed by atoms with Gasteiger partial charge in [0.2, 0.25) is 0 Å². The first kappa shape index (κ1) is 12.5. The summed E-state index contributed by atoms with van der Waals surface area (Å²) in [5, 5.41) is 3.61. The van der Waals surface area contributed by atoms with Gasteiger partial charge in [0.05, 0.1) is 11.7 Å². The zero-order valence-electron chi connectivity index (χ0n) is 10.9. The van der Waals surface area contributed by atoms with Crippen LogP contribution >= 0.6 is 0 Å². The molecule has 0 saturated heterocycles. The van der Waals surface area contributed by atoms with Crippen molar-refractivity contribution in [2.45, 2.75) is 52.0 Å².